The van der Waals surface area contributed by atoms with Crippen molar-refractivity contribution in [2.75, 3.05) is 0 Å². The number of aromatic amines is 1. The number of ether oxygens (including phenoxy) is 1. The first-order valence-electron chi connectivity index (χ1n) is 10.3. The number of rotatable bonds is 4. The predicted octanol–water partition coefficient (Wildman–Crippen LogP) is 5.97. The zero-order valence-corrected chi connectivity index (χ0v) is 16.7. The van der Waals surface area contributed by atoms with Crippen LogP contribution >= 0.6 is 0 Å². The van der Waals surface area contributed by atoms with E-state index in [9.17, 15) is 22.8 Å². The molecule has 1 N–H and O–H groups in total. The lowest BCUT2D eigenvalue weighted by molar-refractivity contribution is -0.274. The van der Waals surface area contributed by atoms with Gasteiger partial charge in [-0.25, -0.2) is 0 Å². The fourth-order valence-electron chi connectivity index (χ4n) is 4.41. The van der Waals surface area contributed by atoms with Crippen LogP contribution in [0.15, 0.2) is 59.4 Å². The highest BCUT2D eigenvalue weighted by atomic mass is 19.4. The number of carbonyl (C=O) groups excluding carboxylic acids is 1. The maximum atomic E-state index is 12.9. The first-order valence-corrected chi connectivity index (χ1v) is 10.3. The molecule has 1 saturated carbocycles. The van der Waals surface area contributed by atoms with Crippen molar-refractivity contribution in [2.45, 2.75) is 44.4 Å². The Morgan fingerprint density at radius 3 is 2.58 bits per heavy atom. The summed E-state index contributed by atoms with van der Waals surface area (Å²) < 4.78 is 41.4. The van der Waals surface area contributed by atoms with E-state index in [1.165, 1.54) is 18.2 Å². The van der Waals surface area contributed by atoms with Crippen LogP contribution in [0.3, 0.4) is 0 Å². The lowest BCUT2D eigenvalue weighted by atomic mass is 9.90. The van der Waals surface area contributed by atoms with E-state index in [1.807, 2.05) is 24.3 Å². The summed E-state index contributed by atoms with van der Waals surface area (Å²) in [4.78, 5) is 28.4. The van der Waals surface area contributed by atoms with Gasteiger partial charge in [0, 0.05) is 22.6 Å². The lowest BCUT2D eigenvalue weighted by Gasteiger charge is -2.16. The van der Waals surface area contributed by atoms with Crippen LogP contribution in [0.1, 0.15) is 54.1 Å². The average molecular weight is 429 g/mol. The molecular weight excluding hydrogens is 407 g/mol. The summed E-state index contributed by atoms with van der Waals surface area (Å²) in [6.07, 6.45) is -1.15. The molecule has 1 aliphatic carbocycles. The monoisotopic (exact) mass is 429 g/mol. The van der Waals surface area contributed by atoms with Crippen molar-refractivity contribution >= 4 is 16.6 Å². The number of fused-ring (bicyclic) bond motifs is 1. The van der Waals surface area contributed by atoms with Crippen LogP contribution < -0.4 is 10.3 Å². The molecule has 0 aliphatic heterocycles. The van der Waals surface area contributed by atoms with E-state index >= 15 is 0 Å². The summed E-state index contributed by atoms with van der Waals surface area (Å²) in [6.45, 7) is 0. The molecule has 1 aromatic heterocycles. The molecule has 1 fully saturated rings. The Bertz CT molecular complexity index is 1150. The molecule has 1 aliphatic rings. The number of carbonyl (C=O) groups is 1. The number of alkyl halides is 3. The van der Waals surface area contributed by atoms with Gasteiger partial charge in [0.2, 0.25) is 0 Å². The minimum absolute atomic E-state index is 0.119. The third kappa shape index (κ3) is 4.98. The van der Waals surface area contributed by atoms with Gasteiger partial charge < -0.3 is 9.72 Å². The number of ketones is 1. The van der Waals surface area contributed by atoms with Crippen LogP contribution in [0.25, 0.3) is 10.8 Å². The zero-order chi connectivity index (χ0) is 22.0. The molecule has 2 unspecified atom stereocenters. The van der Waals surface area contributed by atoms with Gasteiger partial charge in [-0.2, -0.15) is 0 Å². The van der Waals surface area contributed by atoms with Gasteiger partial charge in [-0.15, -0.1) is 13.2 Å². The van der Waals surface area contributed by atoms with Gasteiger partial charge in [0.1, 0.15) is 5.75 Å². The van der Waals surface area contributed by atoms with E-state index in [0.717, 1.165) is 36.4 Å². The second-order valence-electron chi connectivity index (χ2n) is 7.98. The van der Waals surface area contributed by atoms with E-state index in [0.29, 0.717) is 18.2 Å². The van der Waals surface area contributed by atoms with Crippen molar-refractivity contribution < 1.29 is 22.7 Å². The van der Waals surface area contributed by atoms with Gasteiger partial charge in [0.15, 0.2) is 5.78 Å². The third-order valence-electron chi connectivity index (χ3n) is 5.91. The fraction of sp³-hybridized carbons (Fsp3) is 0.333. The van der Waals surface area contributed by atoms with Crippen LogP contribution in [-0.4, -0.2) is 17.1 Å². The Balaban J connectivity index is 1.49. The summed E-state index contributed by atoms with van der Waals surface area (Å²) in [7, 11) is 0. The second-order valence-corrected chi connectivity index (χ2v) is 7.98. The van der Waals surface area contributed by atoms with Crippen LogP contribution in [0, 0.1) is 5.92 Å². The van der Waals surface area contributed by atoms with E-state index < -0.39 is 12.1 Å². The van der Waals surface area contributed by atoms with Gasteiger partial charge in [-0.1, -0.05) is 36.8 Å². The molecule has 4 nitrogen and oxygen atoms in total. The van der Waals surface area contributed by atoms with Gasteiger partial charge in [-0.3, -0.25) is 9.59 Å². The Labute approximate surface area is 177 Å². The molecule has 0 bridgehead atoms. The van der Waals surface area contributed by atoms with E-state index in [1.54, 1.807) is 6.07 Å². The van der Waals surface area contributed by atoms with Crippen molar-refractivity contribution in [1.29, 1.82) is 0 Å². The zero-order valence-electron chi connectivity index (χ0n) is 16.7. The number of pyridine rings is 1. The Morgan fingerprint density at radius 1 is 0.968 bits per heavy atom. The summed E-state index contributed by atoms with van der Waals surface area (Å²) in [5, 5.41) is 1.54. The molecule has 0 radical (unpaired) electrons. The maximum Gasteiger partial charge on any atom is 0.573 e. The van der Waals surface area contributed by atoms with Crippen LogP contribution in [-0.2, 0) is 0 Å². The largest absolute Gasteiger partial charge is 0.573 e. The molecule has 7 heteroatoms. The summed E-state index contributed by atoms with van der Waals surface area (Å²) >= 11 is 0. The molecule has 0 amide bonds. The molecule has 1 heterocycles. The van der Waals surface area contributed by atoms with Crippen molar-refractivity contribution in [2.24, 2.45) is 5.92 Å². The first kappa shape index (κ1) is 21.2. The predicted molar refractivity (Wildman–Crippen MR) is 111 cm³/mol. The van der Waals surface area contributed by atoms with Crippen LogP contribution in [0.2, 0.25) is 0 Å². The lowest BCUT2D eigenvalue weighted by Crippen LogP contribution is -2.18. The third-order valence-corrected chi connectivity index (χ3v) is 5.91. The summed E-state index contributed by atoms with van der Waals surface area (Å²) in [6, 6.07) is 14.7. The quantitative estimate of drug-likeness (QED) is 0.410. The SMILES string of the molecule is O=C(c1cccc(OC(F)(F)F)c1)C1CCCC(c2cc3ccccc3c(=O)[nH]2)CC1. The van der Waals surface area contributed by atoms with Crippen molar-refractivity contribution in [3.05, 3.63) is 76.2 Å². The number of hydrogen-bond donors (Lipinski definition) is 1. The number of nitrogens with one attached hydrogen (secondary N) is 1. The Kier molecular flexibility index (Phi) is 5.85. The molecule has 0 spiro atoms. The number of hydrogen-bond acceptors (Lipinski definition) is 3. The Morgan fingerprint density at radius 2 is 1.77 bits per heavy atom. The second kappa shape index (κ2) is 8.57. The van der Waals surface area contributed by atoms with Crippen molar-refractivity contribution in [1.82, 2.24) is 4.98 Å². The van der Waals surface area contributed by atoms with Gasteiger partial charge in [0.25, 0.3) is 5.56 Å². The minimum Gasteiger partial charge on any atom is -0.406 e. The number of benzene rings is 2. The van der Waals surface area contributed by atoms with Gasteiger partial charge in [0.05, 0.1) is 0 Å². The van der Waals surface area contributed by atoms with E-state index in [4.69, 9.17) is 0 Å². The summed E-state index contributed by atoms with van der Waals surface area (Å²) in [5.41, 5.74) is 0.980. The van der Waals surface area contributed by atoms with E-state index in [-0.39, 0.29) is 28.7 Å². The maximum absolute atomic E-state index is 12.9. The molecule has 3 aromatic rings. The number of Topliss-reactive ketones (excluding diaryl/α,β-unsaturated/α-hetero) is 1. The molecular formula is C24H22F3NO3. The van der Waals surface area contributed by atoms with Gasteiger partial charge in [-0.05, 0) is 61.3 Å². The standard InChI is InChI=1S/C24H22F3NO3/c25-24(26,27)31-19-9-4-8-18(13-19)22(29)16-7-3-6-15(11-12-16)21-14-17-5-1-2-10-20(17)23(30)28-21/h1-2,4-5,8-10,13-16H,3,6-7,11-12H2,(H,28,30). The highest BCUT2D eigenvalue weighted by molar-refractivity contribution is 5.98. The molecule has 162 valence electrons. The topological polar surface area (TPSA) is 59.2 Å². The molecule has 2 aromatic carbocycles. The highest BCUT2D eigenvalue weighted by Crippen LogP contribution is 2.35. The van der Waals surface area contributed by atoms with E-state index in [2.05, 4.69) is 9.72 Å². The Hall–Kier alpha value is -3.09. The smallest absolute Gasteiger partial charge is 0.406 e. The average Bonchev–Trinajstić information content (AvgIpc) is 2.98. The molecule has 2 atom stereocenters. The molecule has 31 heavy (non-hydrogen) atoms. The molecule has 0 saturated heterocycles. The van der Waals surface area contributed by atoms with Crippen LogP contribution in [0.4, 0.5) is 13.2 Å². The fourth-order valence-corrected chi connectivity index (χ4v) is 4.41. The number of halogens is 3. The van der Waals surface area contributed by atoms with Crippen molar-refractivity contribution in [3.63, 3.8) is 0 Å². The highest BCUT2D eigenvalue weighted by Gasteiger charge is 2.32. The van der Waals surface area contributed by atoms with Crippen LogP contribution in [0.5, 0.6) is 5.75 Å². The molecule has 4 rings (SSSR count). The summed E-state index contributed by atoms with van der Waals surface area (Å²) in [5.74, 6) is -0.688. The van der Waals surface area contributed by atoms with Gasteiger partial charge >= 0.3 is 6.36 Å². The van der Waals surface area contributed by atoms with Crippen molar-refractivity contribution in [3.8, 4) is 5.75 Å². The number of aromatic nitrogens is 1. The normalized spacial score (nSPS) is 19.7. The minimum atomic E-state index is -4.80. The first-order chi connectivity index (χ1) is 14.8. The number of H-pyrrole nitrogens is 1.